The van der Waals surface area contributed by atoms with E-state index in [9.17, 15) is 10.1 Å². The van der Waals surface area contributed by atoms with Gasteiger partial charge in [-0.2, -0.15) is 5.26 Å². The van der Waals surface area contributed by atoms with Gasteiger partial charge in [0, 0.05) is 16.6 Å². The molecule has 0 aliphatic rings. The van der Waals surface area contributed by atoms with Crippen LogP contribution in [0.25, 0.3) is 16.6 Å². The summed E-state index contributed by atoms with van der Waals surface area (Å²) < 4.78 is 5.23. The Hall–Kier alpha value is -3.43. The smallest absolute Gasteiger partial charge is 0.266 e. The third-order valence-corrected chi connectivity index (χ3v) is 4.68. The van der Waals surface area contributed by atoms with Crippen molar-refractivity contribution in [2.24, 2.45) is 0 Å². The second kappa shape index (κ2) is 8.30. The first kappa shape index (κ1) is 18.4. The zero-order valence-electron chi connectivity index (χ0n) is 14.9. The van der Waals surface area contributed by atoms with Gasteiger partial charge in [0.15, 0.2) is 0 Å². The molecule has 0 aliphatic carbocycles. The van der Waals surface area contributed by atoms with Crippen LogP contribution in [-0.4, -0.2) is 18.0 Å². The summed E-state index contributed by atoms with van der Waals surface area (Å²) in [5.74, 6) is 0.286. The number of amides is 1. The van der Waals surface area contributed by atoms with Gasteiger partial charge in [0.2, 0.25) is 0 Å². The number of carbonyl (C=O) groups is 1. The Morgan fingerprint density at radius 1 is 1.26 bits per heavy atom. The highest BCUT2D eigenvalue weighted by Crippen LogP contribution is 2.27. The third kappa shape index (κ3) is 4.60. The Bertz CT molecular complexity index is 1050. The molecule has 3 aromatic rings. The Kier molecular flexibility index (Phi) is 5.64. The molecule has 1 aromatic heterocycles. The van der Waals surface area contributed by atoms with Crippen molar-refractivity contribution < 1.29 is 9.53 Å². The van der Waals surface area contributed by atoms with E-state index in [4.69, 9.17) is 4.74 Å². The molecule has 3 rings (SSSR count). The van der Waals surface area contributed by atoms with E-state index in [1.165, 1.54) is 17.4 Å². The summed E-state index contributed by atoms with van der Waals surface area (Å²) in [6.45, 7) is 1.94. The topological polar surface area (TPSA) is 75.0 Å². The number of aromatic nitrogens is 1. The number of anilines is 1. The Morgan fingerprint density at radius 3 is 2.81 bits per heavy atom. The van der Waals surface area contributed by atoms with Gasteiger partial charge >= 0.3 is 0 Å². The van der Waals surface area contributed by atoms with E-state index in [1.807, 2.05) is 60.8 Å². The average Bonchev–Trinajstić information content (AvgIpc) is 3.15. The van der Waals surface area contributed by atoms with Gasteiger partial charge in [-0.1, -0.05) is 24.3 Å². The van der Waals surface area contributed by atoms with Crippen molar-refractivity contribution in [3.8, 4) is 22.4 Å². The SMILES string of the molecule is COc1cccc(-c2nc(/C=C(/C#N)C(=O)Nc3cccc(C)c3)cs2)c1. The average molecular weight is 375 g/mol. The molecule has 1 amide bonds. The van der Waals surface area contributed by atoms with Crippen LogP contribution in [0.15, 0.2) is 59.5 Å². The Morgan fingerprint density at radius 2 is 2.07 bits per heavy atom. The molecule has 1 heterocycles. The maximum Gasteiger partial charge on any atom is 0.266 e. The highest BCUT2D eigenvalue weighted by Gasteiger charge is 2.11. The molecular formula is C21H17N3O2S. The quantitative estimate of drug-likeness (QED) is 0.519. The number of nitrogens with zero attached hydrogens (tertiary/aromatic N) is 2. The van der Waals surface area contributed by atoms with E-state index < -0.39 is 5.91 Å². The number of hydrogen-bond acceptors (Lipinski definition) is 5. The van der Waals surface area contributed by atoms with Gasteiger partial charge in [-0.15, -0.1) is 11.3 Å². The lowest BCUT2D eigenvalue weighted by Crippen LogP contribution is -2.13. The number of aryl methyl sites for hydroxylation is 1. The lowest BCUT2D eigenvalue weighted by atomic mass is 10.2. The van der Waals surface area contributed by atoms with Crippen LogP contribution in [-0.2, 0) is 4.79 Å². The summed E-state index contributed by atoms with van der Waals surface area (Å²) in [5, 5.41) is 14.7. The number of nitrogens with one attached hydrogen (secondary N) is 1. The molecule has 0 saturated heterocycles. The minimum atomic E-state index is -0.459. The van der Waals surface area contributed by atoms with E-state index in [2.05, 4.69) is 10.3 Å². The summed E-state index contributed by atoms with van der Waals surface area (Å²) in [5.41, 5.74) is 3.16. The molecule has 0 unspecified atom stereocenters. The van der Waals surface area contributed by atoms with Crippen LogP contribution in [0.2, 0.25) is 0 Å². The summed E-state index contributed by atoms with van der Waals surface area (Å²) in [6, 6.07) is 16.9. The number of rotatable bonds is 5. The van der Waals surface area contributed by atoms with Crippen LogP contribution in [0.5, 0.6) is 5.75 Å². The molecule has 1 N–H and O–H groups in total. The number of ether oxygens (including phenoxy) is 1. The van der Waals surface area contributed by atoms with Gasteiger partial charge in [-0.25, -0.2) is 4.98 Å². The number of hydrogen-bond donors (Lipinski definition) is 1. The van der Waals surface area contributed by atoms with Crippen LogP contribution in [0.1, 0.15) is 11.3 Å². The molecule has 0 aliphatic heterocycles. The lowest BCUT2D eigenvalue weighted by Gasteiger charge is -2.04. The van der Waals surface area contributed by atoms with Crippen LogP contribution in [0.3, 0.4) is 0 Å². The Balaban J connectivity index is 1.81. The minimum absolute atomic E-state index is 0.000927. The van der Waals surface area contributed by atoms with Gasteiger partial charge in [-0.05, 0) is 42.8 Å². The summed E-state index contributed by atoms with van der Waals surface area (Å²) >= 11 is 1.44. The molecule has 6 heteroatoms. The first-order valence-electron chi connectivity index (χ1n) is 8.19. The molecule has 5 nitrogen and oxygen atoms in total. The van der Waals surface area contributed by atoms with Crippen molar-refractivity contribution in [1.82, 2.24) is 4.98 Å². The predicted molar refractivity (Wildman–Crippen MR) is 108 cm³/mol. The molecule has 0 radical (unpaired) electrons. The fourth-order valence-electron chi connectivity index (χ4n) is 2.46. The number of methoxy groups -OCH3 is 1. The molecule has 0 fully saturated rings. The summed E-state index contributed by atoms with van der Waals surface area (Å²) in [6.07, 6.45) is 1.49. The molecule has 134 valence electrons. The van der Waals surface area contributed by atoms with Crippen molar-refractivity contribution in [3.05, 3.63) is 70.7 Å². The maximum atomic E-state index is 12.4. The number of nitriles is 1. The number of benzene rings is 2. The predicted octanol–water partition coefficient (Wildman–Crippen LogP) is 4.67. The fourth-order valence-corrected chi connectivity index (χ4v) is 3.23. The van der Waals surface area contributed by atoms with Crippen molar-refractivity contribution in [1.29, 1.82) is 5.26 Å². The number of carbonyl (C=O) groups excluding carboxylic acids is 1. The number of thiazole rings is 1. The second-order valence-electron chi connectivity index (χ2n) is 5.80. The molecule has 0 spiro atoms. The second-order valence-corrected chi connectivity index (χ2v) is 6.66. The largest absolute Gasteiger partial charge is 0.497 e. The van der Waals surface area contributed by atoms with Crippen molar-refractivity contribution in [2.75, 3.05) is 12.4 Å². The molecular weight excluding hydrogens is 358 g/mol. The van der Waals surface area contributed by atoms with E-state index >= 15 is 0 Å². The van der Waals surface area contributed by atoms with E-state index in [-0.39, 0.29) is 5.57 Å². The standard InChI is InChI=1S/C21H17N3O2S/c1-14-5-3-7-17(9-14)23-20(25)16(12-22)10-18-13-27-21(24-18)15-6-4-8-19(11-15)26-2/h3-11,13H,1-2H3,(H,23,25)/b16-10-. The van der Waals surface area contributed by atoms with Gasteiger partial charge in [0.05, 0.1) is 12.8 Å². The zero-order valence-corrected chi connectivity index (χ0v) is 15.7. The van der Waals surface area contributed by atoms with Crippen molar-refractivity contribution in [3.63, 3.8) is 0 Å². The summed E-state index contributed by atoms with van der Waals surface area (Å²) in [4.78, 5) is 16.9. The molecule has 27 heavy (non-hydrogen) atoms. The van der Waals surface area contributed by atoms with Crippen molar-refractivity contribution in [2.45, 2.75) is 6.92 Å². The minimum Gasteiger partial charge on any atom is -0.497 e. The third-order valence-electron chi connectivity index (χ3n) is 3.77. The van der Waals surface area contributed by atoms with E-state index in [0.29, 0.717) is 11.4 Å². The first-order valence-corrected chi connectivity index (χ1v) is 9.07. The lowest BCUT2D eigenvalue weighted by molar-refractivity contribution is -0.112. The molecule has 2 aromatic carbocycles. The van der Waals surface area contributed by atoms with Crippen LogP contribution >= 0.6 is 11.3 Å². The molecule has 0 atom stereocenters. The highest BCUT2D eigenvalue weighted by molar-refractivity contribution is 7.13. The van der Waals surface area contributed by atoms with Crippen LogP contribution in [0.4, 0.5) is 5.69 Å². The highest BCUT2D eigenvalue weighted by atomic mass is 32.1. The van der Waals surface area contributed by atoms with E-state index in [1.54, 1.807) is 13.2 Å². The van der Waals surface area contributed by atoms with Gasteiger partial charge in [0.1, 0.15) is 22.4 Å². The molecule has 0 saturated carbocycles. The first-order chi connectivity index (χ1) is 13.1. The van der Waals surface area contributed by atoms with Gasteiger partial charge in [-0.3, -0.25) is 4.79 Å². The fraction of sp³-hybridized carbons (Fsp3) is 0.0952. The molecule has 0 bridgehead atoms. The Labute approximate surface area is 161 Å². The van der Waals surface area contributed by atoms with Gasteiger partial charge in [0.25, 0.3) is 5.91 Å². The normalized spacial score (nSPS) is 10.9. The van der Waals surface area contributed by atoms with E-state index in [0.717, 1.165) is 21.9 Å². The van der Waals surface area contributed by atoms with Crippen LogP contribution < -0.4 is 10.1 Å². The van der Waals surface area contributed by atoms with Gasteiger partial charge < -0.3 is 10.1 Å². The summed E-state index contributed by atoms with van der Waals surface area (Å²) in [7, 11) is 1.61. The monoisotopic (exact) mass is 375 g/mol. The van der Waals surface area contributed by atoms with Crippen LogP contribution in [0, 0.1) is 18.3 Å². The zero-order chi connectivity index (χ0) is 19.2. The van der Waals surface area contributed by atoms with Crippen molar-refractivity contribution >= 4 is 29.0 Å². The maximum absolute atomic E-state index is 12.4.